The van der Waals surface area contributed by atoms with Gasteiger partial charge in [0, 0.05) is 12.4 Å². The summed E-state index contributed by atoms with van der Waals surface area (Å²) >= 11 is 1.23. The lowest BCUT2D eigenvalue weighted by molar-refractivity contribution is 0.618. The Balaban J connectivity index is 2.28. The van der Waals surface area contributed by atoms with Gasteiger partial charge >= 0.3 is 0 Å². The maximum absolute atomic E-state index is 4.25. The lowest BCUT2D eigenvalue weighted by Crippen LogP contribution is -2.22. The lowest BCUT2D eigenvalue weighted by atomic mass is 10.1. The highest BCUT2D eigenvalue weighted by Crippen LogP contribution is 2.19. The first kappa shape index (κ1) is 10.2. The summed E-state index contributed by atoms with van der Waals surface area (Å²) in [6.45, 7) is 2.96. The predicted molar refractivity (Wildman–Crippen MR) is 59.7 cm³/mol. The van der Waals surface area contributed by atoms with Crippen molar-refractivity contribution in [1.82, 2.24) is 19.0 Å². The molecule has 2 heterocycles. The average molecular weight is 220 g/mol. The molecule has 0 amide bonds. The van der Waals surface area contributed by atoms with E-state index in [1.165, 1.54) is 11.7 Å². The molecule has 0 saturated heterocycles. The van der Waals surface area contributed by atoms with Crippen molar-refractivity contribution in [3.63, 3.8) is 0 Å². The van der Waals surface area contributed by atoms with Crippen LogP contribution in [0.15, 0.2) is 30.7 Å². The Kier molecular flexibility index (Phi) is 3.37. The van der Waals surface area contributed by atoms with Crippen molar-refractivity contribution >= 4 is 11.7 Å². The summed E-state index contributed by atoms with van der Waals surface area (Å²) < 4.78 is 8.27. The van der Waals surface area contributed by atoms with Gasteiger partial charge in [-0.15, -0.1) is 0 Å². The van der Waals surface area contributed by atoms with Gasteiger partial charge in [-0.05, 0) is 18.2 Å². The van der Waals surface area contributed by atoms with E-state index in [2.05, 4.69) is 26.0 Å². The molecule has 0 saturated carbocycles. The van der Waals surface area contributed by atoms with E-state index in [-0.39, 0.29) is 6.04 Å². The quantitative estimate of drug-likeness (QED) is 0.851. The molecule has 0 aromatic carbocycles. The summed E-state index contributed by atoms with van der Waals surface area (Å²) in [7, 11) is 0. The summed E-state index contributed by atoms with van der Waals surface area (Å²) in [5.74, 6) is 0. The van der Waals surface area contributed by atoms with Crippen LogP contribution in [0.25, 0.3) is 0 Å². The van der Waals surface area contributed by atoms with Crippen molar-refractivity contribution in [1.29, 1.82) is 0 Å². The van der Waals surface area contributed by atoms with Gasteiger partial charge in [0.05, 0.1) is 29.7 Å². The van der Waals surface area contributed by atoms with Crippen molar-refractivity contribution in [3.05, 3.63) is 42.0 Å². The van der Waals surface area contributed by atoms with Gasteiger partial charge in [0.15, 0.2) is 0 Å². The molecule has 2 aromatic rings. The molecule has 0 aliphatic carbocycles. The van der Waals surface area contributed by atoms with Gasteiger partial charge in [-0.3, -0.25) is 4.98 Å². The minimum absolute atomic E-state index is 0.0995. The third-order valence-electron chi connectivity index (χ3n) is 2.10. The van der Waals surface area contributed by atoms with E-state index in [1.54, 1.807) is 12.4 Å². The van der Waals surface area contributed by atoms with E-state index in [1.807, 2.05) is 18.3 Å². The molecule has 0 aliphatic rings. The van der Waals surface area contributed by atoms with E-state index in [4.69, 9.17) is 0 Å². The molecular formula is C10H12N4S. The number of aromatic nitrogens is 3. The molecule has 4 nitrogen and oxygen atoms in total. The highest BCUT2D eigenvalue weighted by molar-refractivity contribution is 6.99. The third-order valence-corrected chi connectivity index (χ3v) is 2.59. The fourth-order valence-corrected chi connectivity index (χ4v) is 1.89. The summed E-state index contributed by atoms with van der Waals surface area (Å²) in [6, 6.07) is 4.07. The number of nitrogens with zero attached hydrogens (tertiary/aromatic N) is 3. The highest BCUT2D eigenvalue weighted by atomic mass is 32.1. The van der Waals surface area contributed by atoms with Crippen LogP contribution in [0, 0.1) is 0 Å². The SMILES string of the molecule is CCNC(c1cccnc1)c1cnsn1. The van der Waals surface area contributed by atoms with Gasteiger partial charge in [-0.1, -0.05) is 13.0 Å². The van der Waals surface area contributed by atoms with Crippen LogP contribution < -0.4 is 5.32 Å². The Hall–Kier alpha value is -1.33. The summed E-state index contributed by atoms with van der Waals surface area (Å²) in [5.41, 5.74) is 2.07. The fourth-order valence-electron chi connectivity index (χ4n) is 1.44. The Morgan fingerprint density at radius 2 is 2.40 bits per heavy atom. The smallest absolute Gasteiger partial charge is 0.0958 e. The standard InChI is InChI=1S/C10H12N4S/c1-2-12-10(9-7-13-15-14-9)8-4-3-5-11-6-8/h3-7,10,12H,2H2,1H3. The fraction of sp³-hybridized carbons (Fsp3) is 0.300. The van der Waals surface area contributed by atoms with E-state index in [0.29, 0.717) is 0 Å². The van der Waals surface area contributed by atoms with Crippen LogP contribution in [0.1, 0.15) is 24.2 Å². The Morgan fingerprint density at radius 3 is 3.00 bits per heavy atom. The van der Waals surface area contributed by atoms with Gasteiger partial charge in [0.2, 0.25) is 0 Å². The van der Waals surface area contributed by atoms with Crippen molar-refractivity contribution in [2.24, 2.45) is 0 Å². The Morgan fingerprint density at radius 1 is 1.47 bits per heavy atom. The Bertz CT molecular complexity index is 387. The van der Waals surface area contributed by atoms with Crippen LogP contribution in [0.2, 0.25) is 0 Å². The highest BCUT2D eigenvalue weighted by Gasteiger charge is 2.15. The van der Waals surface area contributed by atoms with Crippen LogP contribution in [0.5, 0.6) is 0 Å². The van der Waals surface area contributed by atoms with Gasteiger partial charge in [-0.25, -0.2) is 0 Å². The number of hydrogen-bond donors (Lipinski definition) is 1. The molecule has 1 unspecified atom stereocenters. The Labute approximate surface area is 92.7 Å². The summed E-state index contributed by atoms with van der Waals surface area (Å²) in [6.07, 6.45) is 5.42. The van der Waals surface area contributed by atoms with Crippen LogP contribution in [-0.2, 0) is 0 Å². The monoisotopic (exact) mass is 220 g/mol. The molecule has 5 heteroatoms. The molecule has 1 atom stereocenters. The van der Waals surface area contributed by atoms with Gasteiger partial charge in [0.1, 0.15) is 0 Å². The minimum atomic E-state index is 0.0995. The molecular weight excluding hydrogens is 208 g/mol. The van der Waals surface area contributed by atoms with Crippen molar-refractivity contribution in [2.75, 3.05) is 6.54 Å². The number of hydrogen-bond acceptors (Lipinski definition) is 5. The van der Waals surface area contributed by atoms with E-state index < -0.39 is 0 Å². The van der Waals surface area contributed by atoms with Crippen LogP contribution in [0.3, 0.4) is 0 Å². The first-order chi connectivity index (χ1) is 7.42. The van der Waals surface area contributed by atoms with Gasteiger partial charge in [0.25, 0.3) is 0 Å². The predicted octanol–water partition coefficient (Wildman–Crippen LogP) is 1.63. The number of rotatable bonds is 4. The number of nitrogens with one attached hydrogen (secondary N) is 1. The zero-order chi connectivity index (χ0) is 10.5. The largest absolute Gasteiger partial charge is 0.305 e. The molecule has 2 aromatic heterocycles. The van der Waals surface area contributed by atoms with Crippen LogP contribution in [-0.4, -0.2) is 20.3 Å². The van der Waals surface area contributed by atoms with Crippen molar-refractivity contribution in [3.8, 4) is 0 Å². The second-order valence-electron chi connectivity index (χ2n) is 3.11. The average Bonchev–Trinajstić information content (AvgIpc) is 2.80. The molecule has 78 valence electrons. The second-order valence-corrected chi connectivity index (χ2v) is 3.67. The number of pyridine rings is 1. The summed E-state index contributed by atoms with van der Waals surface area (Å²) in [5, 5.41) is 3.37. The second kappa shape index (κ2) is 4.95. The zero-order valence-electron chi connectivity index (χ0n) is 8.42. The summed E-state index contributed by atoms with van der Waals surface area (Å²) in [4.78, 5) is 4.11. The third kappa shape index (κ3) is 2.37. The zero-order valence-corrected chi connectivity index (χ0v) is 9.24. The van der Waals surface area contributed by atoms with E-state index >= 15 is 0 Å². The van der Waals surface area contributed by atoms with Gasteiger partial charge in [-0.2, -0.15) is 8.75 Å². The van der Waals surface area contributed by atoms with Crippen molar-refractivity contribution in [2.45, 2.75) is 13.0 Å². The van der Waals surface area contributed by atoms with E-state index in [0.717, 1.165) is 17.8 Å². The molecule has 0 fully saturated rings. The molecule has 0 bridgehead atoms. The molecule has 15 heavy (non-hydrogen) atoms. The van der Waals surface area contributed by atoms with Crippen molar-refractivity contribution < 1.29 is 0 Å². The van der Waals surface area contributed by atoms with Crippen LogP contribution >= 0.6 is 11.7 Å². The maximum atomic E-state index is 4.25. The normalized spacial score (nSPS) is 12.6. The molecule has 1 N–H and O–H groups in total. The van der Waals surface area contributed by atoms with Crippen LogP contribution in [0.4, 0.5) is 0 Å². The molecule has 0 radical (unpaired) electrons. The lowest BCUT2D eigenvalue weighted by Gasteiger charge is -2.14. The molecule has 0 spiro atoms. The molecule has 0 aliphatic heterocycles. The van der Waals surface area contributed by atoms with Gasteiger partial charge < -0.3 is 5.32 Å². The maximum Gasteiger partial charge on any atom is 0.0958 e. The first-order valence-electron chi connectivity index (χ1n) is 4.82. The molecule has 2 rings (SSSR count). The van der Waals surface area contributed by atoms with E-state index in [9.17, 15) is 0 Å². The minimum Gasteiger partial charge on any atom is -0.305 e. The topological polar surface area (TPSA) is 50.7 Å². The first-order valence-corrected chi connectivity index (χ1v) is 5.55.